The predicted molar refractivity (Wildman–Crippen MR) is 54.1 cm³/mol. The first-order valence-electron chi connectivity index (χ1n) is 4.27. The third kappa shape index (κ3) is 1.75. The van der Waals surface area contributed by atoms with Gasteiger partial charge < -0.3 is 5.32 Å². The molecule has 1 aliphatic rings. The number of hydrogen-bond donors (Lipinski definition) is 1. The van der Waals surface area contributed by atoms with E-state index < -0.39 is 0 Å². The maximum atomic E-state index is 4.36. The van der Waals surface area contributed by atoms with Gasteiger partial charge in [-0.3, -0.25) is 0 Å². The molecule has 0 saturated carbocycles. The summed E-state index contributed by atoms with van der Waals surface area (Å²) in [6.07, 6.45) is 1.72. The summed E-state index contributed by atoms with van der Waals surface area (Å²) in [6.45, 7) is 1.96. The highest BCUT2D eigenvalue weighted by atomic mass is 15.1. The van der Waals surface area contributed by atoms with Crippen molar-refractivity contribution in [2.24, 2.45) is 9.98 Å². The molecule has 0 saturated heterocycles. The maximum absolute atomic E-state index is 4.36. The molecule has 1 aromatic rings. The summed E-state index contributed by atoms with van der Waals surface area (Å²) in [5, 5.41) is 3.02. The standard InChI is InChI=1S/C10H11N3/c1-8-11-7-12-10(13-8)9-5-3-2-4-6-9/h2-8H,1H3,(H,11,12,13). The number of rotatable bonds is 1. The average Bonchev–Trinajstić information content (AvgIpc) is 2.19. The number of aliphatic imine (C=N–C) groups is 2. The fourth-order valence-corrected chi connectivity index (χ4v) is 1.22. The second-order valence-corrected chi connectivity index (χ2v) is 2.90. The fourth-order valence-electron chi connectivity index (χ4n) is 1.22. The Labute approximate surface area is 77.2 Å². The number of benzene rings is 1. The lowest BCUT2D eigenvalue weighted by Crippen LogP contribution is -2.28. The van der Waals surface area contributed by atoms with Crippen LogP contribution in [0.15, 0.2) is 40.3 Å². The van der Waals surface area contributed by atoms with Gasteiger partial charge in [-0.05, 0) is 6.92 Å². The zero-order valence-corrected chi connectivity index (χ0v) is 7.44. The Morgan fingerprint density at radius 3 is 2.69 bits per heavy atom. The molecule has 0 aromatic heterocycles. The van der Waals surface area contributed by atoms with Crippen molar-refractivity contribution < 1.29 is 0 Å². The number of nitrogens with one attached hydrogen (secondary N) is 1. The van der Waals surface area contributed by atoms with E-state index in [9.17, 15) is 0 Å². The van der Waals surface area contributed by atoms with Crippen LogP contribution in [0.3, 0.4) is 0 Å². The minimum Gasteiger partial charge on any atom is -0.331 e. The van der Waals surface area contributed by atoms with E-state index in [1.54, 1.807) is 6.34 Å². The largest absolute Gasteiger partial charge is 0.331 e. The van der Waals surface area contributed by atoms with E-state index in [0.29, 0.717) is 0 Å². The molecule has 1 heterocycles. The highest BCUT2D eigenvalue weighted by Crippen LogP contribution is 2.03. The van der Waals surface area contributed by atoms with Crippen LogP contribution in [0.25, 0.3) is 0 Å². The average molecular weight is 173 g/mol. The second kappa shape index (κ2) is 3.39. The van der Waals surface area contributed by atoms with Crippen molar-refractivity contribution in [1.82, 2.24) is 5.32 Å². The van der Waals surface area contributed by atoms with Crippen LogP contribution < -0.4 is 5.32 Å². The lowest BCUT2D eigenvalue weighted by atomic mass is 10.2. The van der Waals surface area contributed by atoms with Crippen molar-refractivity contribution in [3.63, 3.8) is 0 Å². The molecule has 66 valence electrons. The van der Waals surface area contributed by atoms with Gasteiger partial charge in [-0.25, -0.2) is 9.98 Å². The third-order valence-corrected chi connectivity index (χ3v) is 1.85. The van der Waals surface area contributed by atoms with E-state index in [4.69, 9.17) is 0 Å². The molecular formula is C10H11N3. The highest BCUT2D eigenvalue weighted by molar-refractivity contribution is 6.05. The van der Waals surface area contributed by atoms with Crippen LogP contribution in [-0.2, 0) is 0 Å². The predicted octanol–water partition coefficient (Wildman–Crippen LogP) is 1.41. The van der Waals surface area contributed by atoms with Crippen LogP contribution in [0.4, 0.5) is 0 Å². The van der Waals surface area contributed by atoms with E-state index in [0.717, 1.165) is 11.4 Å². The first-order valence-corrected chi connectivity index (χ1v) is 4.27. The summed E-state index contributed by atoms with van der Waals surface area (Å²) in [5.74, 6) is 0.892. The molecule has 1 N–H and O–H groups in total. The molecule has 2 rings (SSSR count). The fraction of sp³-hybridized carbons (Fsp3) is 0.200. The Hall–Kier alpha value is -1.64. The zero-order valence-electron chi connectivity index (χ0n) is 7.44. The minimum atomic E-state index is 0.0245. The molecule has 0 spiro atoms. The minimum absolute atomic E-state index is 0.0245. The first-order chi connectivity index (χ1) is 6.36. The van der Waals surface area contributed by atoms with E-state index in [1.165, 1.54) is 0 Å². The van der Waals surface area contributed by atoms with Gasteiger partial charge in [-0.1, -0.05) is 30.3 Å². The van der Waals surface area contributed by atoms with E-state index in [-0.39, 0.29) is 6.17 Å². The summed E-state index contributed by atoms with van der Waals surface area (Å²) in [5.41, 5.74) is 1.10. The number of nitrogens with zero attached hydrogens (tertiary/aromatic N) is 2. The topological polar surface area (TPSA) is 36.8 Å². The molecule has 1 atom stereocenters. The Morgan fingerprint density at radius 1 is 1.23 bits per heavy atom. The van der Waals surface area contributed by atoms with Gasteiger partial charge in [0.2, 0.25) is 0 Å². The first kappa shape index (κ1) is 7.98. The van der Waals surface area contributed by atoms with Gasteiger partial charge in [-0.15, -0.1) is 0 Å². The molecule has 1 aliphatic heterocycles. The Morgan fingerprint density at radius 2 is 2.00 bits per heavy atom. The van der Waals surface area contributed by atoms with Gasteiger partial charge in [0.05, 0.1) is 6.34 Å². The maximum Gasteiger partial charge on any atom is 0.140 e. The molecular weight excluding hydrogens is 162 g/mol. The molecule has 0 bridgehead atoms. The molecule has 1 unspecified atom stereocenters. The summed E-state index contributed by atoms with van der Waals surface area (Å²) in [6, 6.07) is 10.0. The zero-order chi connectivity index (χ0) is 9.10. The van der Waals surface area contributed by atoms with Gasteiger partial charge in [0.25, 0.3) is 0 Å². The SMILES string of the molecule is CC1N=CNC(c2ccccc2)=N1. The smallest absolute Gasteiger partial charge is 0.140 e. The summed E-state index contributed by atoms with van der Waals surface area (Å²) < 4.78 is 0. The van der Waals surface area contributed by atoms with Crippen molar-refractivity contribution in [1.29, 1.82) is 0 Å². The van der Waals surface area contributed by atoms with Crippen LogP contribution in [0.2, 0.25) is 0 Å². The van der Waals surface area contributed by atoms with E-state index >= 15 is 0 Å². The van der Waals surface area contributed by atoms with Gasteiger partial charge in [-0.2, -0.15) is 0 Å². The lowest BCUT2D eigenvalue weighted by Gasteiger charge is -2.12. The van der Waals surface area contributed by atoms with Crippen molar-refractivity contribution in [2.75, 3.05) is 0 Å². The summed E-state index contributed by atoms with van der Waals surface area (Å²) in [4.78, 5) is 8.44. The number of amidine groups is 1. The quantitative estimate of drug-likeness (QED) is 0.685. The Bertz CT molecular complexity index is 340. The van der Waals surface area contributed by atoms with Crippen molar-refractivity contribution in [3.8, 4) is 0 Å². The third-order valence-electron chi connectivity index (χ3n) is 1.85. The van der Waals surface area contributed by atoms with Crippen LogP contribution >= 0.6 is 0 Å². The Kier molecular flexibility index (Phi) is 2.08. The molecule has 3 heteroatoms. The van der Waals surface area contributed by atoms with Crippen LogP contribution in [0.1, 0.15) is 12.5 Å². The summed E-state index contributed by atoms with van der Waals surface area (Å²) in [7, 11) is 0. The van der Waals surface area contributed by atoms with E-state index in [1.807, 2.05) is 37.3 Å². The molecule has 13 heavy (non-hydrogen) atoms. The summed E-state index contributed by atoms with van der Waals surface area (Å²) >= 11 is 0. The molecule has 0 amide bonds. The normalized spacial score (nSPS) is 20.7. The van der Waals surface area contributed by atoms with Crippen LogP contribution in [0, 0.1) is 0 Å². The number of hydrogen-bond acceptors (Lipinski definition) is 3. The molecule has 0 fully saturated rings. The second-order valence-electron chi connectivity index (χ2n) is 2.90. The van der Waals surface area contributed by atoms with Gasteiger partial charge >= 0.3 is 0 Å². The monoisotopic (exact) mass is 173 g/mol. The van der Waals surface area contributed by atoms with Crippen LogP contribution in [-0.4, -0.2) is 18.3 Å². The van der Waals surface area contributed by atoms with Crippen molar-refractivity contribution in [2.45, 2.75) is 13.1 Å². The Balaban J connectivity index is 2.28. The lowest BCUT2D eigenvalue weighted by molar-refractivity contribution is 0.778. The molecule has 0 aliphatic carbocycles. The van der Waals surface area contributed by atoms with Crippen LogP contribution in [0.5, 0.6) is 0 Å². The molecule has 1 aromatic carbocycles. The highest BCUT2D eigenvalue weighted by Gasteiger charge is 2.06. The van der Waals surface area contributed by atoms with Gasteiger partial charge in [0.1, 0.15) is 12.0 Å². The molecule has 0 radical (unpaired) electrons. The van der Waals surface area contributed by atoms with Gasteiger partial charge in [0.15, 0.2) is 0 Å². The van der Waals surface area contributed by atoms with Gasteiger partial charge in [0, 0.05) is 5.56 Å². The molecule has 3 nitrogen and oxygen atoms in total. The van der Waals surface area contributed by atoms with Crippen molar-refractivity contribution in [3.05, 3.63) is 35.9 Å². The van der Waals surface area contributed by atoms with Crippen molar-refractivity contribution >= 4 is 12.2 Å². The van der Waals surface area contributed by atoms with E-state index in [2.05, 4.69) is 15.3 Å².